The monoisotopic (exact) mass is 296 g/mol. The Balaban J connectivity index is 1.57. The van der Waals surface area contributed by atoms with Gasteiger partial charge in [-0.3, -0.25) is 0 Å². The number of hydrogen-bond donors (Lipinski definition) is 0. The summed E-state index contributed by atoms with van der Waals surface area (Å²) in [6, 6.07) is 4.59. The van der Waals surface area contributed by atoms with E-state index in [-0.39, 0.29) is 0 Å². The lowest BCUT2D eigenvalue weighted by Crippen LogP contribution is -2.02. The summed E-state index contributed by atoms with van der Waals surface area (Å²) in [4.78, 5) is 3.68. The van der Waals surface area contributed by atoms with Gasteiger partial charge in [-0.2, -0.15) is 0 Å². The molecule has 3 fully saturated rings. The zero-order valence-electron chi connectivity index (χ0n) is 9.53. The lowest BCUT2D eigenvalue weighted by Gasteiger charge is -2.13. The summed E-state index contributed by atoms with van der Waals surface area (Å²) in [5.41, 5.74) is 0. The highest BCUT2D eigenvalue weighted by molar-refractivity contribution is 9.09. The quantitative estimate of drug-likeness (QED) is 0.689. The third kappa shape index (κ3) is 1.26. The summed E-state index contributed by atoms with van der Waals surface area (Å²) >= 11 is 5.95. The number of aryl methyl sites for hydroxylation is 1. The smallest absolute Gasteiger partial charge is 0.0523 e. The number of rotatable bonds is 2. The summed E-state index contributed by atoms with van der Waals surface area (Å²) < 4.78 is 0. The predicted octanol–water partition coefficient (Wildman–Crippen LogP) is 4.78. The third-order valence-corrected chi connectivity index (χ3v) is 7.66. The van der Waals surface area contributed by atoms with Gasteiger partial charge in [-0.05, 0) is 67.9 Å². The first-order valence-electron chi connectivity index (χ1n) is 6.46. The molecule has 16 heavy (non-hydrogen) atoms. The van der Waals surface area contributed by atoms with Crippen molar-refractivity contribution in [1.29, 1.82) is 0 Å². The van der Waals surface area contributed by atoms with Crippen LogP contribution in [-0.2, 0) is 0 Å². The van der Waals surface area contributed by atoms with Gasteiger partial charge in [0, 0.05) is 9.75 Å². The number of hydrogen-bond acceptors (Lipinski definition) is 1. The second kappa shape index (κ2) is 3.35. The molecule has 3 aliphatic carbocycles. The zero-order valence-corrected chi connectivity index (χ0v) is 11.9. The van der Waals surface area contributed by atoms with Crippen LogP contribution >= 0.6 is 27.3 Å². The fourth-order valence-corrected chi connectivity index (χ4v) is 6.63. The van der Waals surface area contributed by atoms with Crippen molar-refractivity contribution in [3.05, 3.63) is 21.9 Å². The van der Waals surface area contributed by atoms with E-state index in [0.717, 1.165) is 29.6 Å². The van der Waals surface area contributed by atoms with Crippen LogP contribution in [0.5, 0.6) is 0 Å². The molecule has 0 aromatic carbocycles. The van der Waals surface area contributed by atoms with Crippen molar-refractivity contribution in [2.45, 2.75) is 31.0 Å². The largest absolute Gasteiger partial charge is 0.145 e. The maximum absolute atomic E-state index is 3.97. The first-order valence-corrected chi connectivity index (χ1v) is 8.19. The van der Waals surface area contributed by atoms with Gasteiger partial charge in [0.05, 0.1) is 4.83 Å². The molecule has 86 valence electrons. The fraction of sp³-hybridized carbons (Fsp3) is 0.714. The molecule has 0 amide bonds. The van der Waals surface area contributed by atoms with Crippen LogP contribution < -0.4 is 0 Å². The maximum atomic E-state index is 3.97. The second-order valence-corrected chi connectivity index (χ2v) is 8.22. The lowest BCUT2D eigenvalue weighted by atomic mass is 10.00. The predicted molar refractivity (Wildman–Crippen MR) is 72.0 cm³/mol. The highest BCUT2D eigenvalue weighted by atomic mass is 79.9. The highest BCUT2D eigenvalue weighted by Gasteiger charge is 2.66. The minimum absolute atomic E-state index is 0.657. The molecule has 3 aliphatic rings. The van der Waals surface area contributed by atoms with E-state index in [0.29, 0.717) is 4.83 Å². The van der Waals surface area contributed by atoms with E-state index < -0.39 is 0 Å². The van der Waals surface area contributed by atoms with Crippen LogP contribution in [0.25, 0.3) is 0 Å². The van der Waals surface area contributed by atoms with Crippen molar-refractivity contribution >= 4 is 27.3 Å². The van der Waals surface area contributed by atoms with E-state index in [1.165, 1.54) is 17.7 Å². The van der Waals surface area contributed by atoms with Crippen molar-refractivity contribution in [2.24, 2.45) is 29.6 Å². The first-order chi connectivity index (χ1) is 7.75. The molecule has 1 aromatic rings. The Labute approximate surface area is 110 Å². The molecule has 0 aliphatic heterocycles. The summed E-state index contributed by atoms with van der Waals surface area (Å²) in [6.07, 6.45) is 4.63. The van der Waals surface area contributed by atoms with Crippen LogP contribution in [0.1, 0.15) is 33.8 Å². The van der Waals surface area contributed by atoms with E-state index in [9.17, 15) is 0 Å². The Hall–Kier alpha value is 0.180. The van der Waals surface area contributed by atoms with E-state index in [4.69, 9.17) is 0 Å². The molecular weight excluding hydrogens is 280 g/mol. The van der Waals surface area contributed by atoms with Gasteiger partial charge in [0.2, 0.25) is 0 Å². The molecule has 0 radical (unpaired) electrons. The van der Waals surface area contributed by atoms with Crippen LogP contribution in [0.3, 0.4) is 0 Å². The molecule has 5 atom stereocenters. The highest BCUT2D eigenvalue weighted by Crippen LogP contribution is 2.73. The van der Waals surface area contributed by atoms with Crippen LogP contribution in [0.2, 0.25) is 0 Å². The van der Waals surface area contributed by atoms with Gasteiger partial charge >= 0.3 is 0 Å². The standard InChI is InChI=1S/C14H17BrS/c1-7-2-5-10(16-7)14(15)13-11-8-3-4-9(6-8)12(11)13/h2,5,8-9,11-14H,3-4,6H2,1H3. The van der Waals surface area contributed by atoms with E-state index >= 15 is 0 Å². The van der Waals surface area contributed by atoms with Crippen molar-refractivity contribution in [3.63, 3.8) is 0 Å². The third-order valence-electron chi connectivity index (χ3n) is 5.17. The Bertz CT molecular complexity index is 408. The van der Waals surface area contributed by atoms with Gasteiger partial charge in [-0.15, -0.1) is 11.3 Å². The maximum Gasteiger partial charge on any atom is 0.0523 e. The summed E-state index contributed by atoms with van der Waals surface area (Å²) in [5, 5.41) is 0. The number of alkyl halides is 1. The van der Waals surface area contributed by atoms with E-state index in [1.54, 1.807) is 11.3 Å². The molecule has 0 nitrogen and oxygen atoms in total. The SMILES string of the molecule is Cc1ccc(C(Br)C2C3C4CCC(C4)C32)s1. The van der Waals surface area contributed by atoms with Gasteiger partial charge in [0.25, 0.3) is 0 Å². The van der Waals surface area contributed by atoms with Crippen LogP contribution in [0.15, 0.2) is 12.1 Å². The summed E-state index contributed by atoms with van der Waals surface area (Å²) in [7, 11) is 0. The Morgan fingerprint density at radius 1 is 1.25 bits per heavy atom. The van der Waals surface area contributed by atoms with E-state index in [2.05, 4.69) is 35.0 Å². The topological polar surface area (TPSA) is 0 Å². The van der Waals surface area contributed by atoms with Gasteiger partial charge in [-0.25, -0.2) is 0 Å². The molecule has 1 aromatic heterocycles. The van der Waals surface area contributed by atoms with E-state index in [1.807, 2.05) is 11.3 Å². The lowest BCUT2D eigenvalue weighted by molar-refractivity contribution is 0.456. The Kier molecular flexibility index (Phi) is 2.12. The molecular formula is C14H17BrS. The number of halogens is 1. The van der Waals surface area contributed by atoms with Crippen molar-refractivity contribution in [3.8, 4) is 0 Å². The Morgan fingerprint density at radius 2 is 1.94 bits per heavy atom. The fourth-order valence-electron chi connectivity index (χ4n) is 4.58. The van der Waals surface area contributed by atoms with Crippen molar-refractivity contribution < 1.29 is 0 Å². The normalized spacial score (nSPS) is 45.8. The molecule has 0 N–H and O–H groups in total. The average Bonchev–Trinajstić information content (AvgIpc) is 2.68. The Morgan fingerprint density at radius 3 is 2.50 bits per heavy atom. The molecule has 2 heteroatoms. The average molecular weight is 297 g/mol. The first kappa shape index (κ1) is 10.1. The minimum Gasteiger partial charge on any atom is -0.145 e. The molecule has 0 spiro atoms. The molecule has 5 unspecified atom stereocenters. The minimum atomic E-state index is 0.657. The summed E-state index contributed by atoms with van der Waals surface area (Å²) in [5.74, 6) is 5.35. The molecule has 4 rings (SSSR count). The molecule has 3 saturated carbocycles. The number of fused-ring (bicyclic) bond motifs is 5. The number of thiophene rings is 1. The zero-order chi connectivity index (χ0) is 10.9. The van der Waals surface area contributed by atoms with Crippen molar-refractivity contribution in [1.82, 2.24) is 0 Å². The van der Waals surface area contributed by atoms with Gasteiger partial charge in [-0.1, -0.05) is 15.9 Å². The van der Waals surface area contributed by atoms with Crippen LogP contribution in [0, 0.1) is 36.5 Å². The molecule has 1 heterocycles. The van der Waals surface area contributed by atoms with Gasteiger partial charge < -0.3 is 0 Å². The van der Waals surface area contributed by atoms with Crippen LogP contribution in [-0.4, -0.2) is 0 Å². The molecule has 2 bridgehead atoms. The second-order valence-electron chi connectivity index (χ2n) is 5.92. The summed E-state index contributed by atoms with van der Waals surface area (Å²) in [6.45, 7) is 2.21. The van der Waals surface area contributed by atoms with Crippen molar-refractivity contribution in [2.75, 3.05) is 0 Å². The molecule has 0 saturated heterocycles. The van der Waals surface area contributed by atoms with Crippen LogP contribution in [0.4, 0.5) is 0 Å². The van der Waals surface area contributed by atoms with Gasteiger partial charge in [0.1, 0.15) is 0 Å². The van der Waals surface area contributed by atoms with Gasteiger partial charge in [0.15, 0.2) is 0 Å².